The van der Waals surface area contributed by atoms with Gasteiger partial charge in [0.2, 0.25) is 0 Å². The molecule has 4 nitrogen and oxygen atoms in total. The van der Waals surface area contributed by atoms with Crippen LogP contribution in [0.25, 0.3) is 0 Å². The lowest BCUT2D eigenvalue weighted by Crippen LogP contribution is -2.13. The lowest BCUT2D eigenvalue weighted by molar-refractivity contribution is 0.102. The number of halogens is 2. The molecule has 6 heteroatoms. The lowest BCUT2D eigenvalue weighted by Gasteiger charge is -2.10. The van der Waals surface area contributed by atoms with Crippen LogP contribution < -0.4 is 10.6 Å². The van der Waals surface area contributed by atoms with E-state index in [0.29, 0.717) is 33.7 Å². The van der Waals surface area contributed by atoms with Crippen LogP contribution in [0.15, 0.2) is 66.9 Å². The standard InChI is InChI=1S/C19H15Cl2N3O/c20-15-6-2-1-5-14(15)12-23-18-11-13(9-10-22-18)19(25)24-17-8-4-3-7-16(17)21/h1-11H,12H2,(H,22,23)(H,24,25). The highest BCUT2D eigenvalue weighted by molar-refractivity contribution is 6.34. The van der Waals surface area contributed by atoms with E-state index in [1.807, 2.05) is 30.3 Å². The minimum absolute atomic E-state index is 0.253. The molecule has 1 amide bonds. The third-order valence-corrected chi connectivity index (χ3v) is 4.26. The van der Waals surface area contributed by atoms with Crippen molar-refractivity contribution < 1.29 is 4.79 Å². The van der Waals surface area contributed by atoms with E-state index >= 15 is 0 Å². The number of aromatic nitrogens is 1. The second kappa shape index (κ2) is 8.01. The first-order valence-electron chi connectivity index (χ1n) is 7.63. The third-order valence-electron chi connectivity index (χ3n) is 3.56. The SMILES string of the molecule is O=C(Nc1ccccc1Cl)c1ccnc(NCc2ccccc2Cl)c1. The molecule has 0 aliphatic rings. The normalized spacial score (nSPS) is 10.3. The number of nitrogens with zero attached hydrogens (tertiary/aromatic N) is 1. The number of carbonyl (C=O) groups excluding carboxylic acids is 1. The molecule has 25 heavy (non-hydrogen) atoms. The Kier molecular flexibility index (Phi) is 5.53. The second-order valence-corrected chi connectivity index (χ2v) is 6.12. The molecule has 1 aromatic heterocycles. The zero-order valence-corrected chi connectivity index (χ0v) is 14.7. The van der Waals surface area contributed by atoms with E-state index in [9.17, 15) is 4.79 Å². The summed E-state index contributed by atoms with van der Waals surface area (Å²) in [6.45, 7) is 0.516. The predicted octanol–water partition coefficient (Wildman–Crippen LogP) is 5.25. The summed E-state index contributed by atoms with van der Waals surface area (Å²) < 4.78 is 0. The predicted molar refractivity (Wildman–Crippen MR) is 102 cm³/mol. The molecule has 0 radical (unpaired) electrons. The van der Waals surface area contributed by atoms with E-state index in [4.69, 9.17) is 23.2 Å². The van der Waals surface area contributed by atoms with Crippen molar-refractivity contribution in [3.63, 3.8) is 0 Å². The fourth-order valence-corrected chi connectivity index (χ4v) is 2.64. The highest BCUT2D eigenvalue weighted by atomic mass is 35.5. The first-order valence-corrected chi connectivity index (χ1v) is 8.38. The Bertz CT molecular complexity index is 899. The highest BCUT2D eigenvalue weighted by Gasteiger charge is 2.09. The molecule has 0 fully saturated rings. The molecule has 126 valence electrons. The maximum absolute atomic E-state index is 12.4. The summed E-state index contributed by atoms with van der Waals surface area (Å²) in [7, 11) is 0. The van der Waals surface area contributed by atoms with Gasteiger partial charge in [-0.25, -0.2) is 4.98 Å². The van der Waals surface area contributed by atoms with Gasteiger partial charge >= 0.3 is 0 Å². The molecule has 0 unspecified atom stereocenters. The van der Waals surface area contributed by atoms with Gasteiger partial charge in [0.1, 0.15) is 5.82 Å². The van der Waals surface area contributed by atoms with Crippen LogP contribution in [0.4, 0.5) is 11.5 Å². The van der Waals surface area contributed by atoms with Gasteiger partial charge in [0, 0.05) is 23.3 Å². The Morgan fingerprint density at radius 2 is 1.68 bits per heavy atom. The van der Waals surface area contributed by atoms with Crippen LogP contribution in [0.1, 0.15) is 15.9 Å². The zero-order chi connectivity index (χ0) is 17.6. The molecule has 1 heterocycles. The summed E-state index contributed by atoms with van der Waals surface area (Å²) in [6, 6.07) is 18.0. The van der Waals surface area contributed by atoms with Crippen LogP contribution in [0.2, 0.25) is 10.0 Å². The van der Waals surface area contributed by atoms with Crippen LogP contribution >= 0.6 is 23.2 Å². The van der Waals surface area contributed by atoms with Crippen molar-refractivity contribution in [1.82, 2.24) is 4.98 Å². The van der Waals surface area contributed by atoms with Gasteiger partial charge in [0.25, 0.3) is 5.91 Å². The van der Waals surface area contributed by atoms with Gasteiger partial charge in [-0.3, -0.25) is 4.79 Å². The van der Waals surface area contributed by atoms with E-state index in [-0.39, 0.29) is 5.91 Å². The Labute approximate surface area is 155 Å². The molecular formula is C19H15Cl2N3O. The Hall–Kier alpha value is -2.56. The summed E-state index contributed by atoms with van der Waals surface area (Å²) in [5.41, 5.74) is 2.00. The summed E-state index contributed by atoms with van der Waals surface area (Å²) in [6.07, 6.45) is 1.58. The first-order chi connectivity index (χ1) is 12.1. The van der Waals surface area contributed by atoms with Crippen LogP contribution in [-0.2, 0) is 6.54 Å². The number of rotatable bonds is 5. The topological polar surface area (TPSA) is 54.0 Å². The number of nitrogens with one attached hydrogen (secondary N) is 2. The van der Waals surface area contributed by atoms with Crippen molar-refractivity contribution in [1.29, 1.82) is 0 Å². The molecule has 0 aliphatic heterocycles. The average Bonchev–Trinajstić information content (AvgIpc) is 2.63. The fraction of sp³-hybridized carbons (Fsp3) is 0.0526. The number of carbonyl (C=O) groups is 1. The van der Waals surface area contributed by atoms with E-state index in [1.165, 1.54) is 0 Å². The number of pyridine rings is 1. The summed E-state index contributed by atoms with van der Waals surface area (Å²) in [5, 5.41) is 7.13. The molecule has 0 bridgehead atoms. The molecule has 0 aliphatic carbocycles. The van der Waals surface area contributed by atoms with E-state index in [1.54, 1.807) is 36.5 Å². The fourth-order valence-electron chi connectivity index (χ4n) is 2.25. The van der Waals surface area contributed by atoms with Gasteiger partial charge in [-0.1, -0.05) is 53.5 Å². The van der Waals surface area contributed by atoms with E-state index < -0.39 is 0 Å². The van der Waals surface area contributed by atoms with Gasteiger partial charge in [-0.2, -0.15) is 0 Å². The first kappa shape index (κ1) is 17.3. The van der Waals surface area contributed by atoms with Crippen molar-refractivity contribution in [2.24, 2.45) is 0 Å². The number of hydrogen-bond donors (Lipinski definition) is 2. The Morgan fingerprint density at radius 1 is 0.960 bits per heavy atom. The molecule has 0 atom stereocenters. The zero-order valence-electron chi connectivity index (χ0n) is 13.2. The van der Waals surface area contributed by atoms with Gasteiger partial charge < -0.3 is 10.6 Å². The highest BCUT2D eigenvalue weighted by Crippen LogP contribution is 2.22. The molecular weight excluding hydrogens is 357 g/mol. The number of benzene rings is 2. The van der Waals surface area contributed by atoms with E-state index in [2.05, 4.69) is 15.6 Å². The largest absolute Gasteiger partial charge is 0.366 e. The van der Waals surface area contributed by atoms with Gasteiger partial charge in [-0.15, -0.1) is 0 Å². The number of para-hydroxylation sites is 1. The molecule has 0 spiro atoms. The van der Waals surface area contributed by atoms with Crippen molar-refractivity contribution in [2.75, 3.05) is 10.6 Å². The lowest BCUT2D eigenvalue weighted by atomic mass is 10.2. The van der Waals surface area contributed by atoms with Gasteiger partial charge in [0.05, 0.1) is 10.7 Å². The number of amides is 1. The molecule has 0 saturated carbocycles. The maximum Gasteiger partial charge on any atom is 0.255 e. The van der Waals surface area contributed by atoms with Crippen LogP contribution in [0.5, 0.6) is 0 Å². The summed E-state index contributed by atoms with van der Waals surface area (Å²) in [5.74, 6) is 0.336. The minimum atomic E-state index is -0.253. The molecule has 2 aromatic carbocycles. The third kappa shape index (κ3) is 4.50. The van der Waals surface area contributed by atoms with E-state index in [0.717, 1.165) is 5.56 Å². The monoisotopic (exact) mass is 371 g/mol. The number of hydrogen-bond acceptors (Lipinski definition) is 3. The van der Waals surface area contributed by atoms with Crippen molar-refractivity contribution in [2.45, 2.75) is 6.54 Å². The molecule has 0 saturated heterocycles. The van der Waals surface area contributed by atoms with Gasteiger partial charge in [0.15, 0.2) is 0 Å². The molecule has 3 aromatic rings. The van der Waals surface area contributed by atoms with Crippen LogP contribution in [0, 0.1) is 0 Å². The summed E-state index contributed by atoms with van der Waals surface area (Å²) in [4.78, 5) is 16.6. The minimum Gasteiger partial charge on any atom is -0.366 e. The van der Waals surface area contributed by atoms with Crippen LogP contribution in [-0.4, -0.2) is 10.9 Å². The summed E-state index contributed by atoms with van der Waals surface area (Å²) >= 11 is 12.2. The second-order valence-electron chi connectivity index (χ2n) is 5.31. The quantitative estimate of drug-likeness (QED) is 0.643. The molecule has 2 N–H and O–H groups in total. The van der Waals surface area contributed by atoms with Crippen molar-refractivity contribution in [3.05, 3.63) is 88.0 Å². The Morgan fingerprint density at radius 3 is 2.44 bits per heavy atom. The number of anilines is 2. The Balaban J connectivity index is 1.70. The van der Waals surface area contributed by atoms with Crippen LogP contribution in [0.3, 0.4) is 0 Å². The smallest absolute Gasteiger partial charge is 0.255 e. The van der Waals surface area contributed by atoms with Crippen molar-refractivity contribution in [3.8, 4) is 0 Å². The van der Waals surface area contributed by atoms with Crippen molar-refractivity contribution >= 4 is 40.6 Å². The molecule has 3 rings (SSSR count). The average molecular weight is 372 g/mol. The maximum atomic E-state index is 12.4. The van der Waals surface area contributed by atoms with Gasteiger partial charge in [-0.05, 0) is 35.9 Å².